The number of carboxylic acids is 1. The molecule has 0 aromatic heterocycles. The average molecular weight is 297 g/mol. The zero-order valence-corrected chi connectivity index (χ0v) is 12.2. The molecule has 1 unspecified atom stereocenters. The number of aliphatic carboxylic acids is 1. The number of methoxy groups -OCH3 is 1. The van der Waals surface area contributed by atoms with Crippen LogP contribution in [-0.4, -0.2) is 35.8 Å². The van der Waals surface area contributed by atoms with Gasteiger partial charge in [0.2, 0.25) is 0 Å². The Morgan fingerprint density at radius 2 is 2.25 bits per heavy atom. The van der Waals surface area contributed by atoms with Crippen molar-refractivity contribution in [2.75, 3.05) is 18.6 Å². The summed E-state index contributed by atoms with van der Waals surface area (Å²) >= 11 is 1.85. The third-order valence-electron chi connectivity index (χ3n) is 3.19. The van der Waals surface area contributed by atoms with Gasteiger partial charge in [-0.1, -0.05) is 6.07 Å². The fraction of sp³-hybridized carbons (Fsp3) is 0.500. The van der Waals surface area contributed by atoms with E-state index in [0.29, 0.717) is 17.9 Å². The molecule has 1 aliphatic heterocycles. The van der Waals surface area contributed by atoms with Gasteiger partial charge in [-0.15, -0.1) is 0 Å². The molecule has 1 heterocycles. The summed E-state index contributed by atoms with van der Waals surface area (Å²) in [5, 5.41) is 8.68. The quantitative estimate of drug-likeness (QED) is 0.801. The minimum Gasteiger partial charge on any atom is -0.493 e. The first-order chi connectivity index (χ1) is 9.60. The summed E-state index contributed by atoms with van der Waals surface area (Å²) in [5.41, 5.74) is 6.85. The first-order valence-electron chi connectivity index (χ1n) is 6.50. The van der Waals surface area contributed by atoms with E-state index >= 15 is 0 Å². The van der Waals surface area contributed by atoms with Crippen molar-refractivity contribution in [3.63, 3.8) is 0 Å². The highest BCUT2D eigenvalue weighted by molar-refractivity contribution is 8.00. The Bertz CT molecular complexity index is 476. The molecule has 2 rings (SSSR count). The molecule has 0 bridgehead atoms. The highest BCUT2D eigenvalue weighted by Gasteiger charge is 2.22. The van der Waals surface area contributed by atoms with Crippen LogP contribution in [0.4, 0.5) is 0 Å². The number of carbonyl (C=O) groups is 1. The Morgan fingerprint density at radius 3 is 2.80 bits per heavy atom. The van der Waals surface area contributed by atoms with Gasteiger partial charge in [-0.2, -0.15) is 11.8 Å². The minimum atomic E-state index is -0.838. The van der Waals surface area contributed by atoms with Gasteiger partial charge in [-0.25, -0.2) is 0 Å². The molecule has 110 valence electrons. The van der Waals surface area contributed by atoms with Crippen LogP contribution in [0.2, 0.25) is 0 Å². The third kappa shape index (κ3) is 3.80. The standard InChI is InChI=1S/C14H19NO4S/c1-18-13-6-9(11(15)3-5-14(16)17)2-4-12(13)19-10-7-20-8-10/h2,4,6,10-11H,3,5,7-8,15H2,1H3,(H,16,17). The van der Waals surface area contributed by atoms with Gasteiger partial charge in [-0.3, -0.25) is 4.79 Å². The molecule has 0 amide bonds. The van der Waals surface area contributed by atoms with Gasteiger partial charge in [0.25, 0.3) is 0 Å². The Morgan fingerprint density at radius 1 is 1.50 bits per heavy atom. The molecule has 0 aliphatic carbocycles. The molecule has 3 N–H and O–H groups in total. The molecule has 0 spiro atoms. The first kappa shape index (κ1) is 15.0. The van der Waals surface area contributed by atoms with Gasteiger partial charge in [0.15, 0.2) is 11.5 Å². The number of rotatable bonds is 7. The third-order valence-corrected chi connectivity index (χ3v) is 4.40. The summed E-state index contributed by atoms with van der Waals surface area (Å²) < 4.78 is 11.2. The van der Waals surface area contributed by atoms with Crippen molar-refractivity contribution in [1.82, 2.24) is 0 Å². The Balaban J connectivity index is 2.05. The Kier molecular flexibility index (Phi) is 5.14. The predicted molar refractivity (Wildman–Crippen MR) is 78.5 cm³/mol. The van der Waals surface area contributed by atoms with E-state index in [4.69, 9.17) is 20.3 Å². The van der Waals surface area contributed by atoms with Crippen LogP contribution in [0.3, 0.4) is 0 Å². The predicted octanol–water partition coefficient (Wildman–Crippen LogP) is 2.05. The second-order valence-corrected chi connectivity index (χ2v) is 5.80. The molecule has 0 saturated carbocycles. The van der Waals surface area contributed by atoms with Gasteiger partial charge in [0.05, 0.1) is 7.11 Å². The highest BCUT2D eigenvalue weighted by atomic mass is 32.2. The van der Waals surface area contributed by atoms with Crippen molar-refractivity contribution in [2.45, 2.75) is 25.0 Å². The number of carboxylic acid groups (broad SMARTS) is 1. The lowest BCUT2D eigenvalue weighted by atomic mass is 10.0. The topological polar surface area (TPSA) is 81.8 Å². The van der Waals surface area contributed by atoms with E-state index in [9.17, 15) is 4.79 Å². The summed E-state index contributed by atoms with van der Waals surface area (Å²) in [5.74, 6) is 2.53. The van der Waals surface area contributed by atoms with Crippen LogP contribution in [-0.2, 0) is 4.79 Å². The van der Waals surface area contributed by atoms with Gasteiger partial charge in [0, 0.05) is 24.0 Å². The maximum absolute atomic E-state index is 10.6. The largest absolute Gasteiger partial charge is 0.493 e. The molecule has 5 nitrogen and oxygen atoms in total. The number of nitrogens with two attached hydrogens (primary N) is 1. The maximum Gasteiger partial charge on any atom is 0.303 e. The Labute approximate surface area is 122 Å². The number of ether oxygens (including phenoxy) is 2. The zero-order chi connectivity index (χ0) is 14.5. The van der Waals surface area contributed by atoms with Gasteiger partial charge in [-0.05, 0) is 24.1 Å². The lowest BCUT2D eigenvalue weighted by Crippen LogP contribution is -2.31. The normalized spacial score (nSPS) is 16.3. The molecular weight excluding hydrogens is 278 g/mol. The fourth-order valence-electron chi connectivity index (χ4n) is 1.92. The number of thioether (sulfide) groups is 1. The number of hydrogen-bond acceptors (Lipinski definition) is 5. The molecule has 1 aromatic rings. The van der Waals surface area contributed by atoms with Crippen LogP contribution in [0, 0.1) is 0 Å². The highest BCUT2D eigenvalue weighted by Crippen LogP contribution is 2.33. The van der Waals surface area contributed by atoms with Crippen molar-refractivity contribution in [1.29, 1.82) is 0 Å². The van der Waals surface area contributed by atoms with Crippen LogP contribution in [0.5, 0.6) is 11.5 Å². The minimum absolute atomic E-state index is 0.0566. The van der Waals surface area contributed by atoms with E-state index in [1.54, 1.807) is 7.11 Å². The number of benzene rings is 1. The maximum atomic E-state index is 10.6. The van der Waals surface area contributed by atoms with Crippen LogP contribution in [0.1, 0.15) is 24.4 Å². The van der Waals surface area contributed by atoms with E-state index in [2.05, 4.69) is 0 Å². The molecule has 1 atom stereocenters. The van der Waals surface area contributed by atoms with E-state index in [-0.39, 0.29) is 18.6 Å². The SMILES string of the molecule is COc1cc(C(N)CCC(=O)O)ccc1OC1CSC1. The van der Waals surface area contributed by atoms with Gasteiger partial charge in [0.1, 0.15) is 6.10 Å². The van der Waals surface area contributed by atoms with E-state index in [1.807, 2.05) is 30.0 Å². The van der Waals surface area contributed by atoms with Gasteiger partial charge >= 0.3 is 5.97 Å². The number of hydrogen-bond donors (Lipinski definition) is 2. The van der Waals surface area contributed by atoms with E-state index in [1.165, 1.54) is 0 Å². The van der Waals surface area contributed by atoms with Crippen LogP contribution in [0.15, 0.2) is 18.2 Å². The fourth-order valence-corrected chi connectivity index (χ4v) is 2.48. The van der Waals surface area contributed by atoms with Crippen LogP contribution >= 0.6 is 11.8 Å². The van der Waals surface area contributed by atoms with Crippen molar-refractivity contribution in [3.8, 4) is 11.5 Å². The summed E-state index contributed by atoms with van der Waals surface area (Å²) in [6, 6.07) is 5.23. The van der Waals surface area contributed by atoms with Gasteiger partial charge < -0.3 is 20.3 Å². The lowest BCUT2D eigenvalue weighted by molar-refractivity contribution is -0.137. The molecule has 1 aromatic carbocycles. The van der Waals surface area contributed by atoms with E-state index < -0.39 is 5.97 Å². The summed E-state index contributed by atoms with van der Waals surface area (Å²) in [4.78, 5) is 10.6. The van der Waals surface area contributed by atoms with E-state index in [0.717, 1.165) is 17.1 Å². The monoisotopic (exact) mass is 297 g/mol. The second kappa shape index (κ2) is 6.85. The van der Waals surface area contributed by atoms with Crippen molar-refractivity contribution >= 4 is 17.7 Å². The van der Waals surface area contributed by atoms with Crippen LogP contribution in [0.25, 0.3) is 0 Å². The summed E-state index contributed by atoms with van der Waals surface area (Å²) in [6.45, 7) is 0. The summed E-state index contributed by atoms with van der Waals surface area (Å²) in [7, 11) is 1.59. The average Bonchev–Trinajstić information content (AvgIpc) is 2.40. The molecule has 1 aliphatic rings. The van der Waals surface area contributed by atoms with Crippen LogP contribution < -0.4 is 15.2 Å². The molecular formula is C14H19NO4S. The second-order valence-electron chi connectivity index (χ2n) is 4.73. The molecule has 1 saturated heterocycles. The molecule has 6 heteroatoms. The van der Waals surface area contributed by atoms with Crippen molar-refractivity contribution < 1.29 is 19.4 Å². The van der Waals surface area contributed by atoms with Crippen molar-refractivity contribution in [3.05, 3.63) is 23.8 Å². The first-order valence-corrected chi connectivity index (χ1v) is 7.65. The lowest BCUT2D eigenvalue weighted by Gasteiger charge is -2.27. The molecule has 1 fully saturated rings. The summed E-state index contributed by atoms with van der Waals surface area (Å²) in [6.07, 6.45) is 0.708. The molecule has 20 heavy (non-hydrogen) atoms. The zero-order valence-electron chi connectivity index (χ0n) is 11.4. The molecule has 0 radical (unpaired) electrons. The Hall–Kier alpha value is -1.40. The van der Waals surface area contributed by atoms with Crippen molar-refractivity contribution in [2.24, 2.45) is 5.73 Å². The smallest absolute Gasteiger partial charge is 0.303 e.